The summed E-state index contributed by atoms with van der Waals surface area (Å²) in [7, 11) is 1.09. The first-order chi connectivity index (χ1) is 13.8. The Bertz CT molecular complexity index is 921. The van der Waals surface area contributed by atoms with E-state index in [0.29, 0.717) is 0 Å². The van der Waals surface area contributed by atoms with E-state index in [2.05, 4.69) is 4.74 Å². The smallest absolute Gasteiger partial charge is 0.312 e. The van der Waals surface area contributed by atoms with Gasteiger partial charge in [-0.1, -0.05) is 30.3 Å². The van der Waals surface area contributed by atoms with Crippen molar-refractivity contribution in [2.24, 2.45) is 5.41 Å². The number of hydrogen-bond acceptors (Lipinski definition) is 4. The van der Waals surface area contributed by atoms with Gasteiger partial charge in [0.15, 0.2) is 17.4 Å². The number of likely N-dealkylation sites (tertiary alicyclic amines) is 1. The molecule has 2 atom stereocenters. The molecule has 0 unspecified atom stereocenters. The molecule has 2 aromatic carbocycles. The van der Waals surface area contributed by atoms with Gasteiger partial charge in [-0.25, -0.2) is 8.78 Å². The van der Waals surface area contributed by atoms with Gasteiger partial charge < -0.3 is 19.8 Å². The lowest BCUT2D eigenvalue weighted by Crippen LogP contribution is -2.57. The lowest BCUT2D eigenvalue weighted by atomic mass is 9.71. The van der Waals surface area contributed by atoms with Crippen LogP contribution in [0.4, 0.5) is 8.78 Å². The molecule has 1 fully saturated rings. The fourth-order valence-corrected chi connectivity index (χ4v) is 3.71. The standard InChI is InChI=1S/C21H21F2NO5/c1-29-18-15(22)8-7-14(17(18)23)19(26)24-10-9-21(20(27)28,16(25)12-24)11-13-5-3-2-4-6-13/h2-8,16,25H,9-12H2,1H3,(H,27,28)/t16-,21+/m0/s1. The average molecular weight is 405 g/mol. The normalized spacial score (nSPS) is 21.7. The lowest BCUT2D eigenvalue weighted by Gasteiger charge is -2.43. The molecule has 1 amide bonds. The molecule has 0 radical (unpaired) electrons. The van der Waals surface area contributed by atoms with E-state index in [1.165, 1.54) is 4.90 Å². The predicted octanol–water partition coefficient (Wildman–Crippen LogP) is 2.49. The molecule has 0 saturated carbocycles. The van der Waals surface area contributed by atoms with E-state index in [1.807, 2.05) is 0 Å². The van der Waals surface area contributed by atoms with Crippen LogP contribution >= 0.6 is 0 Å². The van der Waals surface area contributed by atoms with Crippen LogP contribution in [0.1, 0.15) is 22.3 Å². The fraction of sp³-hybridized carbons (Fsp3) is 0.333. The Balaban J connectivity index is 1.83. The topological polar surface area (TPSA) is 87.1 Å². The maximum atomic E-state index is 14.4. The molecule has 0 bridgehead atoms. The number of rotatable bonds is 5. The van der Waals surface area contributed by atoms with Crippen molar-refractivity contribution >= 4 is 11.9 Å². The highest BCUT2D eigenvalue weighted by molar-refractivity contribution is 5.95. The number of aliphatic hydroxyl groups is 1. The van der Waals surface area contributed by atoms with Crippen LogP contribution in [0, 0.1) is 17.0 Å². The molecule has 3 rings (SSSR count). The van der Waals surface area contributed by atoms with Crippen molar-refractivity contribution in [3.8, 4) is 5.75 Å². The van der Waals surface area contributed by atoms with Gasteiger partial charge in [0.25, 0.3) is 5.91 Å². The fourth-order valence-electron chi connectivity index (χ4n) is 3.71. The van der Waals surface area contributed by atoms with E-state index >= 15 is 0 Å². The molecule has 1 saturated heterocycles. The van der Waals surface area contributed by atoms with Crippen molar-refractivity contribution in [3.63, 3.8) is 0 Å². The van der Waals surface area contributed by atoms with Crippen LogP contribution in [0.2, 0.25) is 0 Å². The molecule has 6 nitrogen and oxygen atoms in total. The Kier molecular flexibility index (Phi) is 5.83. The second-order valence-electron chi connectivity index (χ2n) is 7.08. The van der Waals surface area contributed by atoms with Crippen molar-refractivity contribution in [1.29, 1.82) is 0 Å². The number of methoxy groups -OCH3 is 1. The van der Waals surface area contributed by atoms with E-state index < -0.39 is 46.3 Å². The zero-order valence-electron chi connectivity index (χ0n) is 15.8. The van der Waals surface area contributed by atoms with Crippen LogP contribution < -0.4 is 4.74 Å². The SMILES string of the molecule is COc1c(F)ccc(C(=O)N2CC[C@](Cc3ccccc3)(C(=O)O)[C@@H](O)C2)c1F. The molecule has 0 aliphatic carbocycles. The monoisotopic (exact) mass is 405 g/mol. The molecule has 2 N–H and O–H groups in total. The number of carboxylic acid groups (broad SMARTS) is 1. The number of aliphatic carboxylic acids is 1. The number of hydrogen-bond donors (Lipinski definition) is 2. The summed E-state index contributed by atoms with van der Waals surface area (Å²) in [5.74, 6) is -4.66. The molecule has 0 aromatic heterocycles. The van der Waals surface area contributed by atoms with Gasteiger partial charge in [-0.3, -0.25) is 9.59 Å². The largest absolute Gasteiger partial charge is 0.491 e. The maximum absolute atomic E-state index is 14.4. The van der Waals surface area contributed by atoms with Crippen molar-refractivity contribution < 1.29 is 33.3 Å². The highest BCUT2D eigenvalue weighted by Crippen LogP contribution is 2.37. The average Bonchev–Trinajstić information content (AvgIpc) is 2.70. The molecule has 2 aromatic rings. The summed E-state index contributed by atoms with van der Waals surface area (Å²) >= 11 is 0. The number of piperidine rings is 1. The maximum Gasteiger partial charge on any atom is 0.312 e. The van der Waals surface area contributed by atoms with Gasteiger partial charge in [-0.2, -0.15) is 0 Å². The summed E-state index contributed by atoms with van der Waals surface area (Å²) in [5, 5.41) is 20.5. The molecule has 0 spiro atoms. The third-order valence-electron chi connectivity index (χ3n) is 5.42. The number of amides is 1. The van der Waals surface area contributed by atoms with Gasteiger partial charge in [0, 0.05) is 13.1 Å². The number of β-amino-alcohol motifs (C(OH)–C–C–N with tert-alkyl or cyclic N) is 1. The van der Waals surface area contributed by atoms with E-state index in [0.717, 1.165) is 24.8 Å². The van der Waals surface area contributed by atoms with Gasteiger partial charge in [-0.05, 0) is 30.5 Å². The molecule has 8 heteroatoms. The quantitative estimate of drug-likeness (QED) is 0.798. The molecule has 1 aliphatic rings. The van der Waals surface area contributed by atoms with Gasteiger partial charge in [0.05, 0.1) is 18.8 Å². The minimum Gasteiger partial charge on any atom is -0.491 e. The molecule has 1 heterocycles. The highest BCUT2D eigenvalue weighted by Gasteiger charge is 2.49. The first-order valence-electron chi connectivity index (χ1n) is 9.07. The Morgan fingerprint density at radius 1 is 1.21 bits per heavy atom. The Morgan fingerprint density at radius 2 is 1.90 bits per heavy atom. The van der Waals surface area contributed by atoms with Crippen LogP contribution in [0.5, 0.6) is 5.75 Å². The van der Waals surface area contributed by atoms with Gasteiger partial charge in [0.2, 0.25) is 0 Å². The molecular formula is C21H21F2NO5. The van der Waals surface area contributed by atoms with Gasteiger partial charge in [0.1, 0.15) is 5.41 Å². The van der Waals surface area contributed by atoms with Crippen molar-refractivity contribution in [3.05, 3.63) is 65.2 Å². The summed E-state index contributed by atoms with van der Waals surface area (Å²) in [6, 6.07) is 10.8. The number of benzene rings is 2. The van der Waals surface area contributed by atoms with Gasteiger partial charge >= 0.3 is 5.97 Å². The number of carbonyl (C=O) groups excluding carboxylic acids is 1. The summed E-state index contributed by atoms with van der Waals surface area (Å²) in [4.78, 5) is 25.9. The first kappa shape index (κ1) is 20.7. The summed E-state index contributed by atoms with van der Waals surface area (Å²) < 4.78 is 32.7. The molecule has 154 valence electrons. The zero-order valence-corrected chi connectivity index (χ0v) is 15.8. The minimum atomic E-state index is -1.46. The Hall–Kier alpha value is -3.00. The third kappa shape index (κ3) is 3.80. The second kappa shape index (κ2) is 8.16. The first-order valence-corrected chi connectivity index (χ1v) is 9.07. The number of aliphatic hydroxyl groups excluding tert-OH is 1. The van der Waals surface area contributed by atoms with Crippen LogP contribution in [-0.4, -0.2) is 53.3 Å². The van der Waals surface area contributed by atoms with E-state index in [-0.39, 0.29) is 25.9 Å². The lowest BCUT2D eigenvalue weighted by molar-refractivity contribution is -0.161. The Morgan fingerprint density at radius 3 is 2.48 bits per heavy atom. The highest BCUT2D eigenvalue weighted by atomic mass is 19.1. The Labute approximate surface area is 166 Å². The van der Waals surface area contributed by atoms with Crippen molar-refractivity contribution in [2.45, 2.75) is 18.9 Å². The zero-order chi connectivity index (χ0) is 21.2. The number of ether oxygens (including phenoxy) is 1. The van der Waals surface area contributed by atoms with Crippen LogP contribution in [0.3, 0.4) is 0 Å². The van der Waals surface area contributed by atoms with Crippen LogP contribution in [0.15, 0.2) is 42.5 Å². The van der Waals surface area contributed by atoms with Gasteiger partial charge in [-0.15, -0.1) is 0 Å². The number of carboxylic acids is 1. The van der Waals surface area contributed by atoms with Crippen molar-refractivity contribution in [2.75, 3.05) is 20.2 Å². The van der Waals surface area contributed by atoms with E-state index in [9.17, 15) is 28.6 Å². The van der Waals surface area contributed by atoms with E-state index in [1.54, 1.807) is 30.3 Å². The minimum absolute atomic E-state index is 0.00809. The van der Waals surface area contributed by atoms with Crippen molar-refractivity contribution in [1.82, 2.24) is 4.90 Å². The summed E-state index contributed by atoms with van der Waals surface area (Å²) in [6.07, 6.45) is -1.27. The predicted molar refractivity (Wildman–Crippen MR) is 99.7 cm³/mol. The number of nitrogens with zero attached hydrogens (tertiary/aromatic N) is 1. The molecule has 29 heavy (non-hydrogen) atoms. The number of halogens is 2. The summed E-state index contributed by atoms with van der Waals surface area (Å²) in [5.41, 5.74) is -1.11. The summed E-state index contributed by atoms with van der Waals surface area (Å²) in [6.45, 7) is -0.273. The second-order valence-corrected chi connectivity index (χ2v) is 7.08. The third-order valence-corrected chi connectivity index (χ3v) is 5.42. The molecular weight excluding hydrogens is 384 g/mol. The van der Waals surface area contributed by atoms with E-state index in [4.69, 9.17) is 0 Å². The van der Waals surface area contributed by atoms with Crippen LogP contribution in [-0.2, 0) is 11.2 Å². The number of carbonyl (C=O) groups is 2. The molecule has 1 aliphatic heterocycles. The van der Waals surface area contributed by atoms with Crippen LogP contribution in [0.25, 0.3) is 0 Å².